The zero-order valence-corrected chi connectivity index (χ0v) is 16.8. The highest BCUT2D eigenvalue weighted by Gasteiger charge is 2.15. The topological polar surface area (TPSA) is 65.8 Å². The van der Waals surface area contributed by atoms with Crippen molar-refractivity contribution in [2.45, 2.75) is 57.4 Å². The molecule has 5 heteroatoms. The number of thioether (sulfide) groups is 1. The van der Waals surface area contributed by atoms with E-state index in [0.717, 1.165) is 46.8 Å². The third-order valence-corrected chi connectivity index (χ3v) is 5.94. The van der Waals surface area contributed by atoms with Crippen molar-refractivity contribution in [1.82, 2.24) is 4.98 Å². The summed E-state index contributed by atoms with van der Waals surface area (Å²) in [4.78, 5) is 17.1. The van der Waals surface area contributed by atoms with E-state index in [-0.39, 0.29) is 5.91 Å². The lowest BCUT2D eigenvalue weighted by Gasteiger charge is -2.12. The summed E-state index contributed by atoms with van der Waals surface area (Å²) < 4.78 is 0. The fourth-order valence-electron chi connectivity index (χ4n) is 3.44. The van der Waals surface area contributed by atoms with Gasteiger partial charge in [0, 0.05) is 23.6 Å². The molecular formula is C22H25N3OS. The first-order valence-electron chi connectivity index (χ1n) is 9.50. The molecule has 0 fully saturated rings. The van der Waals surface area contributed by atoms with Crippen LogP contribution in [0.25, 0.3) is 0 Å². The van der Waals surface area contributed by atoms with Gasteiger partial charge in [0.25, 0.3) is 0 Å². The number of nitriles is 1. The van der Waals surface area contributed by atoms with E-state index in [1.165, 1.54) is 30.2 Å². The summed E-state index contributed by atoms with van der Waals surface area (Å²) >= 11 is 1.50. The first-order valence-corrected chi connectivity index (χ1v) is 10.5. The summed E-state index contributed by atoms with van der Waals surface area (Å²) in [6, 6.07) is 10.3. The lowest BCUT2D eigenvalue weighted by molar-refractivity contribution is -0.115. The van der Waals surface area contributed by atoms with Crippen LogP contribution in [0, 0.1) is 25.2 Å². The Morgan fingerprint density at radius 1 is 1.22 bits per heavy atom. The Morgan fingerprint density at radius 3 is 2.70 bits per heavy atom. The minimum atomic E-state index is -0.00633. The van der Waals surface area contributed by atoms with Crippen LogP contribution in [0.1, 0.15) is 53.6 Å². The summed E-state index contributed by atoms with van der Waals surface area (Å²) in [6.45, 7) is 3.99. The number of rotatable bonds is 5. The molecule has 0 bridgehead atoms. The van der Waals surface area contributed by atoms with Gasteiger partial charge in [0.1, 0.15) is 11.1 Å². The molecule has 1 N–H and O–H groups in total. The van der Waals surface area contributed by atoms with Crippen molar-refractivity contribution in [3.05, 3.63) is 52.2 Å². The number of nitrogens with zero attached hydrogens (tertiary/aromatic N) is 2. The zero-order valence-electron chi connectivity index (χ0n) is 16.0. The van der Waals surface area contributed by atoms with Gasteiger partial charge in [0.2, 0.25) is 5.91 Å². The van der Waals surface area contributed by atoms with Crippen molar-refractivity contribution in [3.8, 4) is 6.07 Å². The van der Waals surface area contributed by atoms with Crippen molar-refractivity contribution >= 4 is 23.4 Å². The fraction of sp³-hybridized carbons (Fsp3) is 0.409. The van der Waals surface area contributed by atoms with E-state index in [9.17, 15) is 10.1 Å². The molecule has 0 spiro atoms. The van der Waals surface area contributed by atoms with Gasteiger partial charge < -0.3 is 5.32 Å². The quantitative estimate of drug-likeness (QED) is 0.589. The molecule has 27 heavy (non-hydrogen) atoms. The molecular weight excluding hydrogens is 354 g/mol. The number of carbonyl (C=O) groups excluding carboxylic acids is 1. The largest absolute Gasteiger partial charge is 0.326 e. The maximum absolute atomic E-state index is 12.3. The van der Waals surface area contributed by atoms with Crippen LogP contribution >= 0.6 is 11.8 Å². The number of aromatic nitrogens is 1. The highest BCUT2D eigenvalue weighted by atomic mass is 32.2. The van der Waals surface area contributed by atoms with Crippen LogP contribution in [0.3, 0.4) is 0 Å². The predicted molar refractivity (Wildman–Crippen MR) is 110 cm³/mol. The monoisotopic (exact) mass is 379 g/mol. The molecule has 1 heterocycles. The van der Waals surface area contributed by atoms with E-state index in [1.807, 2.05) is 38.1 Å². The van der Waals surface area contributed by atoms with Gasteiger partial charge in [-0.1, -0.05) is 24.6 Å². The number of aryl methyl sites for hydroxylation is 4. The molecule has 0 atom stereocenters. The molecule has 140 valence electrons. The average Bonchev–Trinajstić information content (AvgIpc) is 2.89. The van der Waals surface area contributed by atoms with Crippen molar-refractivity contribution in [2.24, 2.45) is 0 Å². The number of pyridine rings is 1. The van der Waals surface area contributed by atoms with E-state index in [4.69, 9.17) is 4.98 Å². The molecule has 0 unspecified atom stereocenters. The normalized spacial score (nSPS) is 13.4. The van der Waals surface area contributed by atoms with E-state index in [2.05, 4.69) is 11.4 Å². The van der Waals surface area contributed by atoms with Crippen LogP contribution in [0.5, 0.6) is 0 Å². The van der Waals surface area contributed by atoms with E-state index < -0.39 is 0 Å². The number of carbonyl (C=O) groups is 1. The summed E-state index contributed by atoms with van der Waals surface area (Å²) in [7, 11) is 0. The van der Waals surface area contributed by atoms with Crippen LogP contribution in [0.15, 0.2) is 29.3 Å². The Kier molecular flexibility index (Phi) is 6.52. The van der Waals surface area contributed by atoms with Gasteiger partial charge >= 0.3 is 0 Å². The predicted octanol–water partition coefficient (Wildman–Crippen LogP) is 4.96. The van der Waals surface area contributed by atoms with Crippen molar-refractivity contribution < 1.29 is 4.79 Å². The molecule has 0 saturated heterocycles. The highest BCUT2D eigenvalue weighted by Crippen LogP contribution is 2.27. The number of para-hydroxylation sites is 1. The van der Waals surface area contributed by atoms with Gasteiger partial charge in [-0.05, 0) is 62.3 Å². The minimum Gasteiger partial charge on any atom is -0.326 e. The third-order valence-electron chi connectivity index (χ3n) is 4.95. The average molecular weight is 380 g/mol. The van der Waals surface area contributed by atoms with E-state index in [0.29, 0.717) is 17.7 Å². The van der Waals surface area contributed by atoms with Crippen LogP contribution in [-0.4, -0.2) is 16.6 Å². The maximum atomic E-state index is 12.3. The van der Waals surface area contributed by atoms with Gasteiger partial charge in [0.15, 0.2) is 0 Å². The molecule has 2 aromatic rings. The van der Waals surface area contributed by atoms with Gasteiger partial charge in [-0.25, -0.2) is 4.98 Å². The molecule has 1 aliphatic carbocycles. The fourth-order valence-corrected chi connectivity index (χ4v) is 4.35. The Bertz CT molecular complexity index is 866. The second-order valence-electron chi connectivity index (χ2n) is 7.03. The Hall–Kier alpha value is -2.32. The van der Waals surface area contributed by atoms with Crippen LogP contribution in [0.4, 0.5) is 5.69 Å². The lowest BCUT2D eigenvalue weighted by Crippen LogP contribution is -2.14. The van der Waals surface area contributed by atoms with Gasteiger partial charge in [0.05, 0.1) is 5.56 Å². The molecule has 1 aromatic heterocycles. The second kappa shape index (κ2) is 9.05. The summed E-state index contributed by atoms with van der Waals surface area (Å²) in [5, 5.41) is 13.2. The number of anilines is 1. The number of amides is 1. The van der Waals surface area contributed by atoms with Crippen molar-refractivity contribution in [3.63, 3.8) is 0 Å². The number of hydrogen-bond acceptors (Lipinski definition) is 4. The molecule has 1 amide bonds. The number of nitrogens with one attached hydrogen (secondary N) is 1. The molecule has 0 radical (unpaired) electrons. The highest BCUT2D eigenvalue weighted by molar-refractivity contribution is 7.99. The molecule has 1 aromatic carbocycles. The number of fused-ring (bicyclic) bond motifs is 1. The maximum Gasteiger partial charge on any atom is 0.225 e. The summed E-state index contributed by atoms with van der Waals surface area (Å²) in [6.07, 6.45) is 5.95. The summed E-state index contributed by atoms with van der Waals surface area (Å²) in [5.41, 5.74) is 6.02. The smallest absolute Gasteiger partial charge is 0.225 e. The number of hydrogen-bond donors (Lipinski definition) is 1. The number of benzene rings is 1. The minimum absolute atomic E-state index is 0.00633. The Labute approximate surface area is 165 Å². The molecule has 4 nitrogen and oxygen atoms in total. The first kappa shape index (κ1) is 19.4. The standard InChI is InChI=1S/C22H25N3OS/c1-15-7-6-8-16(2)21(15)25-20(26)11-12-27-22-18(14-23)13-17-9-4-3-5-10-19(17)24-22/h6-8,13H,3-5,9-12H2,1-2H3,(H,25,26). The van der Waals surface area contributed by atoms with Crippen molar-refractivity contribution in [2.75, 3.05) is 11.1 Å². The SMILES string of the molecule is Cc1cccc(C)c1NC(=O)CCSc1nc2c(cc1C#N)CCCCC2. The zero-order chi connectivity index (χ0) is 19.2. The molecule has 0 saturated carbocycles. The van der Waals surface area contributed by atoms with Crippen LogP contribution in [-0.2, 0) is 17.6 Å². The Balaban J connectivity index is 1.62. The van der Waals surface area contributed by atoms with E-state index >= 15 is 0 Å². The van der Waals surface area contributed by atoms with Crippen LogP contribution in [0.2, 0.25) is 0 Å². The molecule has 0 aliphatic heterocycles. The Morgan fingerprint density at radius 2 is 1.96 bits per heavy atom. The lowest BCUT2D eigenvalue weighted by atomic mass is 10.1. The summed E-state index contributed by atoms with van der Waals surface area (Å²) in [5.74, 6) is 0.602. The molecule has 3 rings (SSSR count). The van der Waals surface area contributed by atoms with Gasteiger partial charge in [-0.15, -0.1) is 11.8 Å². The molecule has 1 aliphatic rings. The first-order chi connectivity index (χ1) is 13.1. The van der Waals surface area contributed by atoms with Crippen LogP contribution < -0.4 is 5.32 Å². The van der Waals surface area contributed by atoms with E-state index in [1.54, 1.807) is 0 Å². The third kappa shape index (κ3) is 4.90. The second-order valence-corrected chi connectivity index (χ2v) is 8.12. The van der Waals surface area contributed by atoms with Crippen molar-refractivity contribution in [1.29, 1.82) is 5.26 Å². The van der Waals surface area contributed by atoms with Gasteiger partial charge in [-0.2, -0.15) is 5.26 Å². The van der Waals surface area contributed by atoms with Gasteiger partial charge in [-0.3, -0.25) is 4.79 Å².